The van der Waals surface area contributed by atoms with Crippen LogP contribution in [0.2, 0.25) is 5.02 Å². The van der Waals surface area contributed by atoms with Gasteiger partial charge in [-0.2, -0.15) is 0 Å². The van der Waals surface area contributed by atoms with Gasteiger partial charge in [-0.15, -0.1) is 0 Å². The molecule has 0 amide bonds. The van der Waals surface area contributed by atoms with Gasteiger partial charge in [0.05, 0.1) is 13.5 Å². The van der Waals surface area contributed by atoms with E-state index in [1.165, 1.54) is 0 Å². The number of hydrogen-bond donors (Lipinski definition) is 1. The summed E-state index contributed by atoms with van der Waals surface area (Å²) in [6.45, 7) is 0. The Bertz CT molecular complexity index is 385. The number of hydrogen-bond acceptors (Lipinski definition) is 2. The Morgan fingerprint density at radius 1 is 1.53 bits per heavy atom. The van der Waals surface area contributed by atoms with Crippen molar-refractivity contribution in [2.24, 2.45) is 0 Å². The molecule has 0 unspecified atom stereocenters. The van der Waals surface area contributed by atoms with Crippen LogP contribution >= 0.6 is 11.6 Å². The molecule has 1 aromatic rings. The Hall–Kier alpha value is -1.48. The minimum atomic E-state index is -0.861. The van der Waals surface area contributed by atoms with E-state index in [1.54, 1.807) is 37.5 Å². The van der Waals surface area contributed by atoms with Crippen LogP contribution < -0.4 is 4.74 Å². The summed E-state index contributed by atoms with van der Waals surface area (Å²) in [5.41, 5.74) is 0.820. The molecule has 0 spiro atoms. The van der Waals surface area contributed by atoms with Crippen LogP contribution in [0.5, 0.6) is 5.75 Å². The molecule has 0 bridgehead atoms. The predicted molar refractivity (Wildman–Crippen MR) is 59.3 cm³/mol. The van der Waals surface area contributed by atoms with E-state index < -0.39 is 5.97 Å². The maximum absolute atomic E-state index is 10.3. The number of benzene rings is 1. The Kier molecular flexibility index (Phi) is 4.18. The van der Waals surface area contributed by atoms with Crippen LogP contribution in [-0.4, -0.2) is 18.2 Å². The first-order valence-corrected chi connectivity index (χ1v) is 4.72. The van der Waals surface area contributed by atoms with Crippen LogP contribution in [0.4, 0.5) is 0 Å². The van der Waals surface area contributed by atoms with Gasteiger partial charge in [0.1, 0.15) is 5.75 Å². The highest BCUT2D eigenvalue weighted by Crippen LogP contribution is 2.21. The summed E-state index contributed by atoms with van der Waals surface area (Å²) in [5, 5.41) is 9.00. The van der Waals surface area contributed by atoms with Crippen molar-refractivity contribution in [1.82, 2.24) is 0 Å². The lowest BCUT2D eigenvalue weighted by atomic mass is 10.2. The average Bonchev–Trinajstić information content (AvgIpc) is 2.16. The van der Waals surface area contributed by atoms with Crippen molar-refractivity contribution in [2.45, 2.75) is 6.42 Å². The van der Waals surface area contributed by atoms with Gasteiger partial charge in [-0.25, -0.2) is 0 Å². The van der Waals surface area contributed by atoms with E-state index >= 15 is 0 Å². The van der Waals surface area contributed by atoms with E-state index in [0.29, 0.717) is 10.8 Å². The smallest absolute Gasteiger partial charge is 0.307 e. The lowest BCUT2D eigenvalue weighted by molar-refractivity contribution is -0.135. The summed E-state index contributed by atoms with van der Waals surface area (Å²) in [7, 11) is 1.55. The van der Waals surface area contributed by atoms with Gasteiger partial charge >= 0.3 is 5.97 Å². The molecule has 15 heavy (non-hydrogen) atoms. The minimum absolute atomic E-state index is 0.00513. The van der Waals surface area contributed by atoms with E-state index in [1.807, 2.05) is 0 Å². The molecule has 3 nitrogen and oxygen atoms in total. The summed E-state index contributed by atoms with van der Waals surface area (Å²) < 4.78 is 5.03. The first-order chi connectivity index (χ1) is 7.11. The number of carbonyl (C=O) groups is 1. The number of methoxy groups -OCH3 is 1. The molecule has 0 aliphatic rings. The molecular formula is C11H11ClO3. The fraction of sp³-hybridized carbons (Fsp3) is 0.182. The second-order valence-electron chi connectivity index (χ2n) is 2.92. The van der Waals surface area contributed by atoms with Gasteiger partial charge in [0, 0.05) is 5.02 Å². The zero-order chi connectivity index (χ0) is 11.3. The SMILES string of the molecule is COc1cc(Cl)cc(C=CCC(=O)O)c1. The molecule has 1 aromatic carbocycles. The molecule has 0 saturated heterocycles. The molecule has 1 N–H and O–H groups in total. The van der Waals surface area contributed by atoms with Gasteiger partial charge in [0.25, 0.3) is 0 Å². The van der Waals surface area contributed by atoms with Crippen molar-refractivity contribution in [3.63, 3.8) is 0 Å². The first-order valence-electron chi connectivity index (χ1n) is 4.34. The minimum Gasteiger partial charge on any atom is -0.497 e. The molecule has 4 heteroatoms. The molecule has 0 atom stereocenters. The van der Waals surface area contributed by atoms with Crippen LogP contribution in [0.3, 0.4) is 0 Å². The summed E-state index contributed by atoms with van der Waals surface area (Å²) in [4.78, 5) is 10.3. The van der Waals surface area contributed by atoms with Crippen molar-refractivity contribution in [2.75, 3.05) is 7.11 Å². The van der Waals surface area contributed by atoms with Crippen molar-refractivity contribution in [3.05, 3.63) is 34.9 Å². The Balaban J connectivity index is 2.80. The Morgan fingerprint density at radius 2 is 2.27 bits per heavy atom. The zero-order valence-corrected chi connectivity index (χ0v) is 8.99. The highest BCUT2D eigenvalue weighted by molar-refractivity contribution is 6.30. The number of carboxylic acid groups (broad SMARTS) is 1. The molecule has 0 aromatic heterocycles. The van der Waals surface area contributed by atoms with Crippen molar-refractivity contribution >= 4 is 23.6 Å². The largest absolute Gasteiger partial charge is 0.497 e. The number of carboxylic acids is 1. The van der Waals surface area contributed by atoms with Gasteiger partial charge in [-0.3, -0.25) is 4.79 Å². The number of halogens is 1. The predicted octanol–water partition coefficient (Wildman–Crippen LogP) is 2.84. The lowest BCUT2D eigenvalue weighted by Gasteiger charge is -2.01. The molecule has 80 valence electrons. The monoisotopic (exact) mass is 226 g/mol. The normalized spacial score (nSPS) is 10.5. The molecule has 0 heterocycles. The first kappa shape index (κ1) is 11.6. The van der Waals surface area contributed by atoms with Gasteiger partial charge in [-0.1, -0.05) is 23.8 Å². The van der Waals surface area contributed by atoms with Crippen molar-refractivity contribution < 1.29 is 14.6 Å². The fourth-order valence-corrected chi connectivity index (χ4v) is 1.33. The molecule has 1 rings (SSSR count). The van der Waals surface area contributed by atoms with Crippen molar-refractivity contribution in [1.29, 1.82) is 0 Å². The zero-order valence-electron chi connectivity index (χ0n) is 8.24. The summed E-state index contributed by atoms with van der Waals surface area (Å²) in [6.07, 6.45) is 3.25. The Labute approximate surface area is 92.9 Å². The third kappa shape index (κ3) is 4.04. The average molecular weight is 227 g/mol. The highest BCUT2D eigenvalue weighted by Gasteiger charge is 1.97. The van der Waals surface area contributed by atoms with Crippen molar-refractivity contribution in [3.8, 4) is 5.75 Å². The summed E-state index contributed by atoms with van der Waals surface area (Å²) >= 11 is 5.84. The van der Waals surface area contributed by atoms with E-state index in [-0.39, 0.29) is 6.42 Å². The molecule has 0 saturated carbocycles. The van der Waals surface area contributed by atoms with Gasteiger partial charge in [0.15, 0.2) is 0 Å². The lowest BCUT2D eigenvalue weighted by Crippen LogP contribution is -1.89. The third-order valence-corrected chi connectivity index (χ3v) is 1.95. The quantitative estimate of drug-likeness (QED) is 0.859. The topological polar surface area (TPSA) is 46.5 Å². The third-order valence-electron chi connectivity index (χ3n) is 1.73. The van der Waals surface area contributed by atoms with E-state index in [0.717, 1.165) is 5.56 Å². The second kappa shape index (κ2) is 5.41. The van der Waals surface area contributed by atoms with Gasteiger partial charge in [0.2, 0.25) is 0 Å². The molecule has 0 aliphatic carbocycles. The van der Waals surface area contributed by atoms with Gasteiger partial charge in [-0.05, 0) is 23.8 Å². The summed E-state index contributed by atoms with van der Waals surface area (Å²) in [5.74, 6) is -0.210. The van der Waals surface area contributed by atoms with E-state index in [4.69, 9.17) is 21.4 Å². The molecule has 0 aliphatic heterocycles. The van der Waals surface area contributed by atoms with Crippen LogP contribution in [0, 0.1) is 0 Å². The molecule has 0 fully saturated rings. The maximum Gasteiger partial charge on any atom is 0.307 e. The van der Waals surface area contributed by atoms with Gasteiger partial charge < -0.3 is 9.84 Å². The van der Waals surface area contributed by atoms with Crippen LogP contribution in [0.1, 0.15) is 12.0 Å². The number of ether oxygens (including phenoxy) is 1. The maximum atomic E-state index is 10.3. The Morgan fingerprint density at radius 3 is 2.87 bits per heavy atom. The standard InChI is InChI=1S/C11H11ClO3/c1-15-10-6-8(5-9(12)7-10)3-2-4-11(13)14/h2-3,5-7H,4H2,1H3,(H,13,14). The number of aliphatic carboxylic acids is 1. The fourth-order valence-electron chi connectivity index (χ4n) is 1.09. The summed E-state index contributed by atoms with van der Waals surface area (Å²) in [6, 6.07) is 5.21. The van der Waals surface area contributed by atoms with E-state index in [9.17, 15) is 4.79 Å². The molecule has 0 radical (unpaired) electrons. The highest BCUT2D eigenvalue weighted by atomic mass is 35.5. The second-order valence-corrected chi connectivity index (χ2v) is 3.36. The van der Waals surface area contributed by atoms with Crippen LogP contribution in [-0.2, 0) is 4.79 Å². The van der Waals surface area contributed by atoms with E-state index in [2.05, 4.69) is 0 Å². The number of rotatable bonds is 4. The van der Waals surface area contributed by atoms with Crippen LogP contribution in [0.15, 0.2) is 24.3 Å². The molecular weight excluding hydrogens is 216 g/mol. The van der Waals surface area contributed by atoms with Crippen LogP contribution in [0.25, 0.3) is 6.08 Å².